The molecule has 1 aliphatic heterocycles. The van der Waals surface area contributed by atoms with Gasteiger partial charge in [-0.25, -0.2) is 17.8 Å². The van der Waals surface area contributed by atoms with Gasteiger partial charge < -0.3 is 4.74 Å². The number of amides is 1. The van der Waals surface area contributed by atoms with Crippen LogP contribution in [-0.2, 0) is 19.4 Å². The number of fused-ring (bicyclic) bond motifs is 1. The molecule has 35 heavy (non-hydrogen) atoms. The van der Waals surface area contributed by atoms with Crippen LogP contribution in [0.1, 0.15) is 24.8 Å². The zero-order valence-electron chi connectivity index (χ0n) is 19.8. The molecule has 0 unspecified atom stereocenters. The average Bonchev–Trinajstić information content (AvgIpc) is 3.28. The lowest BCUT2D eigenvalue weighted by Gasteiger charge is -2.27. The number of thiazole rings is 1. The van der Waals surface area contributed by atoms with Gasteiger partial charge >= 0.3 is 0 Å². The lowest BCUT2D eigenvalue weighted by Crippen LogP contribution is -2.39. The predicted octanol–water partition coefficient (Wildman–Crippen LogP) is 4.05. The summed E-state index contributed by atoms with van der Waals surface area (Å²) in [4.78, 5) is 22.1. The van der Waals surface area contributed by atoms with E-state index in [2.05, 4.69) is 4.90 Å². The maximum atomic E-state index is 13.3. The first kappa shape index (κ1) is 25.7. The maximum Gasteiger partial charge on any atom is 0.228 e. The van der Waals surface area contributed by atoms with Gasteiger partial charge in [0.05, 0.1) is 34.1 Å². The molecule has 0 radical (unpaired) electrons. The summed E-state index contributed by atoms with van der Waals surface area (Å²) in [5.41, 5.74) is 1.94. The SMILES string of the molecule is Cc1cccc2sc(N(CCCN3CCOCC3)C(=O)CCCS(=O)(=O)c3ccc(F)cc3)nc12. The van der Waals surface area contributed by atoms with Gasteiger partial charge in [0.2, 0.25) is 5.91 Å². The van der Waals surface area contributed by atoms with Crippen molar-refractivity contribution >= 4 is 42.4 Å². The second-order valence-electron chi connectivity index (χ2n) is 8.65. The summed E-state index contributed by atoms with van der Waals surface area (Å²) >= 11 is 1.48. The monoisotopic (exact) mass is 519 g/mol. The van der Waals surface area contributed by atoms with Gasteiger partial charge in [0, 0.05) is 32.6 Å². The van der Waals surface area contributed by atoms with Crippen LogP contribution in [0.5, 0.6) is 0 Å². The molecule has 0 N–H and O–H groups in total. The van der Waals surface area contributed by atoms with Gasteiger partial charge in [-0.05, 0) is 55.7 Å². The molecule has 0 aliphatic carbocycles. The van der Waals surface area contributed by atoms with E-state index in [1.165, 1.54) is 23.5 Å². The number of anilines is 1. The van der Waals surface area contributed by atoms with E-state index in [0.717, 1.165) is 67.2 Å². The van der Waals surface area contributed by atoms with Gasteiger partial charge in [0.25, 0.3) is 0 Å². The fourth-order valence-corrected chi connectivity index (χ4v) is 6.50. The van der Waals surface area contributed by atoms with Crippen molar-refractivity contribution in [2.24, 2.45) is 0 Å². The van der Waals surface area contributed by atoms with E-state index in [4.69, 9.17) is 9.72 Å². The third-order valence-corrected chi connectivity index (χ3v) is 8.94. The minimum absolute atomic E-state index is 0.0652. The number of hydrogen-bond donors (Lipinski definition) is 0. The molecule has 7 nitrogen and oxygen atoms in total. The first-order valence-corrected chi connectivity index (χ1v) is 14.3. The quantitative estimate of drug-likeness (QED) is 0.376. The number of aromatic nitrogens is 1. The second kappa shape index (κ2) is 11.6. The molecule has 10 heteroatoms. The Morgan fingerprint density at radius 1 is 1.14 bits per heavy atom. The third-order valence-electron chi connectivity index (χ3n) is 6.08. The second-order valence-corrected chi connectivity index (χ2v) is 11.8. The number of aryl methyl sites for hydroxylation is 1. The molecule has 0 atom stereocenters. The predicted molar refractivity (Wildman–Crippen MR) is 136 cm³/mol. The molecule has 0 bridgehead atoms. The van der Waals surface area contributed by atoms with Crippen molar-refractivity contribution < 1.29 is 22.3 Å². The number of para-hydroxylation sites is 1. The van der Waals surface area contributed by atoms with Crippen LogP contribution in [0.3, 0.4) is 0 Å². The number of nitrogens with zero attached hydrogens (tertiary/aromatic N) is 3. The van der Waals surface area contributed by atoms with Gasteiger partial charge in [-0.3, -0.25) is 14.6 Å². The van der Waals surface area contributed by atoms with E-state index in [1.807, 2.05) is 25.1 Å². The minimum atomic E-state index is -3.59. The molecule has 3 aromatic rings. The molecule has 1 saturated heterocycles. The number of ether oxygens (including phenoxy) is 1. The van der Waals surface area contributed by atoms with Crippen molar-refractivity contribution in [2.75, 3.05) is 50.0 Å². The molecule has 2 aromatic carbocycles. The van der Waals surface area contributed by atoms with Crippen molar-refractivity contribution in [1.29, 1.82) is 0 Å². The number of benzene rings is 2. The van der Waals surface area contributed by atoms with Crippen molar-refractivity contribution in [1.82, 2.24) is 9.88 Å². The Kier molecular flexibility index (Phi) is 8.48. The number of rotatable bonds is 10. The van der Waals surface area contributed by atoms with E-state index < -0.39 is 15.7 Å². The molecule has 188 valence electrons. The van der Waals surface area contributed by atoms with E-state index >= 15 is 0 Å². The van der Waals surface area contributed by atoms with Crippen LogP contribution in [0.4, 0.5) is 9.52 Å². The summed E-state index contributed by atoms with van der Waals surface area (Å²) in [5.74, 6) is -0.804. The van der Waals surface area contributed by atoms with Crippen LogP contribution in [0.25, 0.3) is 10.2 Å². The Bertz CT molecular complexity index is 1260. The van der Waals surface area contributed by atoms with Crippen LogP contribution in [0.2, 0.25) is 0 Å². The Balaban J connectivity index is 1.43. The molecule has 4 rings (SSSR count). The van der Waals surface area contributed by atoms with Crippen molar-refractivity contribution in [2.45, 2.75) is 31.1 Å². The summed E-state index contributed by atoms with van der Waals surface area (Å²) in [5, 5.41) is 0.641. The van der Waals surface area contributed by atoms with Crippen LogP contribution >= 0.6 is 11.3 Å². The number of hydrogen-bond acceptors (Lipinski definition) is 7. The lowest BCUT2D eigenvalue weighted by molar-refractivity contribution is -0.118. The molecular weight excluding hydrogens is 489 g/mol. The van der Waals surface area contributed by atoms with Gasteiger partial charge in [-0.1, -0.05) is 23.5 Å². The zero-order chi connectivity index (χ0) is 24.8. The number of sulfone groups is 1. The fourth-order valence-electron chi connectivity index (χ4n) is 4.10. The first-order valence-electron chi connectivity index (χ1n) is 11.8. The van der Waals surface area contributed by atoms with Crippen LogP contribution in [-0.4, -0.2) is 69.4 Å². The van der Waals surface area contributed by atoms with Crippen molar-refractivity contribution in [3.63, 3.8) is 0 Å². The number of morpholine rings is 1. The lowest BCUT2D eigenvalue weighted by atomic mass is 10.2. The van der Waals surface area contributed by atoms with E-state index in [0.29, 0.717) is 11.7 Å². The van der Waals surface area contributed by atoms with Crippen LogP contribution in [0, 0.1) is 12.7 Å². The molecule has 0 spiro atoms. The smallest absolute Gasteiger partial charge is 0.228 e. The number of halogens is 1. The highest BCUT2D eigenvalue weighted by Crippen LogP contribution is 2.31. The van der Waals surface area contributed by atoms with Crippen molar-refractivity contribution in [3.05, 3.63) is 53.8 Å². The zero-order valence-corrected chi connectivity index (χ0v) is 21.4. The maximum absolute atomic E-state index is 13.3. The largest absolute Gasteiger partial charge is 0.379 e. The first-order chi connectivity index (χ1) is 16.8. The Labute approximate surface area is 209 Å². The Hall–Kier alpha value is -2.40. The highest BCUT2D eigenvalue weighted by molar-refractivity contribution is 7.91. The normalized spacial score (nSPS) is 14.9. The van der Waals surface area contributed by atoms with Crippen LogP contribution < -0.4 is 4.90 Å². The highest BCUT2D eigenvalue weighted by Gasteiger charge is 2.22. The molecule has 1 aromatic heterocycles. The average molecular weight is 520 g/mol. The van der Waals surface area contributed by atoms with Gasteiger partial charge in [0.1, 0.15) is 5.82 Å². The van der Waals surface area contributed by atoms with E-state index in [9.17, 15) is 17.6 Å². The molecule has 1 fully saturated rings. The van der Waals surface area contributed by atoms with Gasteiger partial charge in [-0.2, -0.15) is 0 Å². The Morgan fingerprint density at radius 2 is 1.89 bits per heavy atom. The summed E-state index contributed by atoms with van der Waals surface area (Å²) in [7, 11) is -3.59. The molecule has 1 amide bonds. The summed E-state index contributed by atoms with van der Waals surface area (Å²) in [6, 6.07) is 10.7. The topological polar surface area (TPSA) is 79.8 Å². The van der Waals surface area contributed by atoms with Gasteiger partial charge in [-0.15, -0.1) is 0 Å². The van der Waals surface area contributed by atoms with Gasteiger partial charge in [0.15, 0.2) is 15.0 Å². The summed E-state index contributed by atoms with van der Waals surface area (Å²) < 4.78 is 44.8. The third kappa shape index (κ3) is 6.63. The van der Waals surface area contributed by atoms with E-state index in [1.54, 1.807) is 4.90 Å². The fraction of sp³-hybridized carbons (Fsp3) is 0.440. The number of carbonyl (C=O) groups excluding carboxylic acids is 1. The van der Waals surface area contributed by atoms with Crippen molar-refractivity contribution in [3.8, 4) is 0 Å². The molecular formula is C25H30FN3O4S2. The Morgan fingerprint density at radius 3 is 2.60 bits per heavy atom. The summed E-state index contributed by atoms with van der Waals surface area (Å²) in [6.45, 7) is 6.59. The van der Waals surface area contributed by atoms with Crippen LogP contribution in [0.15, 0.2) is 47.4 Å². The summed E-state index contributed by atoms with van der Waals surface area (Å²) in [6.07, 6.45) is 1.06. The molecule has 0 saturated carbocycles. The van der Waals surface area contributed by atoms with E-state index in [-0.39, 0.29) is 29.4 Å². The highest BCUT2D eigenvalue weighted by atomic mass is 32.2. The minimum Gasteiger partial charge on any atom is -0.379 e. The standard InChI is InChI=1S/C25H30FN3O4S2/c1-19-5-2-6-22-24(19)27-25(34-22)29(13-4-12-28-14-16-33-17-15-28)23(30)7-3-18-35(31,32)21-10-8-20(26)9-11-21/h2,5-6,8-11H,3-4,7,12-18H2,1H3. The molecule has 1 aliphatic rings. The molecule has 2 heterocycles. The number of carbonyl (C=O) groups is 1.